The summed E-state index contributed by atoms with van der Waals surface area (Å²) < 4.78 is 0. The second-order valence-electron chi connectivity index (χ2n) is 4.12. The molecule has 0 aromatic carbocycles. The van der Waals surface area contributed by atoms with Crippen LogP contribution in [0.3, 0.4) is 0 Å². The first-order chi connectivity index (χ1) is 7.35. The zero-order valence-electron chi connectivity index (χ0n) is 10.3. The second kappa shape index (κ2) is 11.6. The van der Waals surface area contributed by atoms with Gasteiger partial charge in [-0.05, 0) is 31.4 Å². The Labute approximate surface area is 94.9 Å². The molecule has 0 radical (unpaired) electrons. The number of aliphatic hydroxyl groups is 1. The Balaban J connectivity index is 3.58. The quantitative estimate of drug-likeness (QED) is 0.449. The highest BCUT2D eigenvalue weighted by molar-refractivity contribution is 4.89. The summed E-state index contributed by atoms with van der Waals surface area (Å²) in [5, 5.41) is 9.04. The van der Waals surface area contributed by atoms with E-state index in [0.717, 1.165) is 19.3 Å². The van der Waals surface area contributed by atoms with Crippen LogP contribution in [-0.4, -0.2) is 11.7 Å². The highest BCUT2D eigenvalue weighted by Gasteiger charge is 1.98. The highest BCUT2D eigenvalue weighted by atomic mass is 16.3. The van der Waals surface area contributed by atoms with Crippen LogP contribution in [-0.2, 0) is 0 Å². The van der Waals surface area contributed by atoms with Crippen molar-refractivity contribution in [1.82, 2.24) is 0 Å². The van der Waals surface area contributed by atoms with Crippen LogP contribution in [0.1, 0.15) is 58.8 Å². The molecule has 1 unspecified atom stereocenters. The largest absolute Gasteiger partial charge is 0.396 e. The molecule has 1 N–H and O–H groups in total. The molecule has 0 aliphatic carbocycles. The summed E-state index contributed by atoms with van der Waals surface area (Å²) in [6, 6.07) is 0. The first-order valence-corrected chi connectivity index (χ1v) is 6.37. The Morgan fingerprint density at radius 1 is 1.13 bits per heavy atom. The van der Waals surface area contributed by atoms with Crippen LogP contribution in [0.25, 0.3) is 0 Å². The zero-order valence-corrected chi connectivity index (χ0v) is 10.3. The molecule has 1 heteroatoms. The number of hydrogen-bond donors (Lipinski definition) is 1. The van der Waals surface area contributed by atoms with Crippen molar-refractivity contribution in [2.75, 3.05) is 6.61 Å². The van der Waals surface area contributed by atoms with E-state index in [9.17, 15) is 0 Å². The maximum absolute atomic E-state index is 9.04. The van der Waals surface area contributed by atoms with Crippen LogP contribution in [0.2, 0.25) is 0 Å². The van der Waals surface area contributed by atoms with Gasteiger partial charge in [0.05, 0.1) is 0 Å². The molecule has 1 atom stereocenters. The summed E-state index contributed by atoms with van der Waals surface area (Å²) in [6.07, 6.45) is 12.7. The molecule has 0 aromatic rings. The van der Waals surface area contributed by atoms with Gasteiger partial charge in [0.25, 0.3) is 0 Å². The summed E-state index contributed by atoms with van der Waals surface area (Å²) >= 11 is 0. The van der Waals surface area contributed by atoms with Gasteiger partial charge in [-0.3, -0.25) is 0 Å². The van der Waals surface area contributed by atoms with Gasteiger partial charge in [-0.15, -0.1) is 5.73 Å². The van der Waals surface area contributed by atoms with E-state index in [-0.39, 0.29) is 6.61 Å². The summed E-state index contributed by atoms with van der Waals surface area (Å²) in [6.45, 7) is 4.63. The number of hydrogen-bond acceptors (Lipinski definition) is 1. The highest BCUT2D eigenvalue weighted by Crippen LogP contribution is 2.06. The van der Waals surface area contributed by atoms with Gasteiger partial charge >= 0.3 is 0 Å². The fraction of sp³-hybridized carbons (Fsp3) is 0.786. The van der Waals surface area contributed by atoms with Gasteiger partial charge in [-0.1, -0.05) is 39.5 Å². The lowest BCUT2D eigenvalue weighted by Gasteiger charge is -2.03. The first kappa shape index (κ1) is 14.5. The van der Waals surface area contributed by atoms with Gasteiger partial charge in [0.15, 0.2) is 0 Å². The minimum Gasteiger partial charge on any atom is -0.396 e. The average Bonchev–Trinajstić information content (AvgIpc) is 2.26. The van der Waals surface area contributed by atoms with Gasteiger partial charge in [0.2, 0.25) is 0 Å². The molecular weight excluding hydrogens is 184 g/mol. The van der Waals surface area contributed by atoms with Crippen molar-refractivity contribution in [3.8, 4) is 0 Å². The fourth-order valence-electron chi connectivity index (χ4n) is 1.56. The molecule has 0 spiro atoms. The Kier molecular flexibility index (Phi) is 11.2. The molecule has 0 aliphatic rings. The van der Waals surface area contributed by atoms with E-state index >= 15 is 0 Å². The van der Waals surface area contributed by atoms with E-state index in [0.29, 0.717) is 5.92 Å². The summed E-state index contributed by atoms with van der Waals surface area (Å²) in [5.41, 5.74) is 3.19. The Bertz CT molecular complexity index is 178. The topological polar surface area (TPSA) is 20.2 Å². The fourth-order valence-corrected chi connectivity index (χ4v) is 1.56. The maximum Gasteiger partial charge on any atom is 0.0499 e. The average molecular weight is 210 g/mol. The molecule has 0 amide bonds. The molecule has 0 heterocycles. The third-order valence-electron chi connectivity index (χ3n) is 2.55. The molecule has 0 bridgehead atoms. The lowest BCUT2D eigenvalue weighted by Crippen LogP contribution is -2.00. The third-order valence-corrected chi connectivity index (χ3v) is 2.55. The molecular formula is C14H26O. The lowest BCUT2D eigenvalue weighted by atomic mass is 10.1. The first-order valence-electron chi connectivity index (χ1n) is 6.37. The Morgan fingerprint density at radius 3 is 2.53 bits per heavy atom. The zero-order chi connectivity index (χ0) is 11.4. The molecule has 1 nitrogen and oxygen atoms in total. The van der Waals surface area contributed by atoms with Crippen LogP contribution in [0.5, 0.6) is 0 Å². The van der Waals surface area contributed by atoms with E-state index in [2.05, 4.69) is 25.7 Å². The van der Waals surface area contributed by atoms with Crippen molar-refractivity contribution in [3.63, 3.8) is 0 Å². The summed E-state index contributed by atoms with van der Waals surface area (Å²) in [7, 11) is 0. The van der Waals surface area contributed by atoms with Crippen LogP contribution in [0.15, 0.2) is 17.9 Å². The monoisotopic (exact) mass is 210 g/mol. The smallest absolute Gasteiger partial charge is 0.0499 e. The molecule has 0 saturated heterocycles. The molecule has 0 fully saturated rings. The van der Waals surface area contributed by atoms with Gasteiger partial charge in [-0.25, -0.2) is 0 Å². The maximum atomic E-state index is 9.04. The number of rotatable bonds is 9. The van der Waals surface area contributed by atoms with Crippen molar-refractivity contribution in [2.24, 2.45) is 5.92 Å². The van der Waals surface area contributed by atoms with Crippen LogP contribution >= 0.6 is 0 Å². The van der Waals surface area contributed by atoms with Crippen LogP contribution in [0, 0.1) is 5.92 Å². The summed E-state index contributed by atoms with van der Waals surface area (Å²) in [4.78, 5) is 0. The van der Waals surface area contributed by atoms with E-state index in [4.69, 9.17) is 5.11 Å². The Morgan fingerprint density at radius 2 is 1.93 bits per heavy atom. The molecule has 0 saturated carbocycles. The minimum atomic E-state index is 0.254. The third kappa shape index (κ3) is 9.78. The van der Waals surface area contributed by atoms with E-state index in [1.54, 1.807) is 0 Å². The number of unbranched alkanes of at least 4 members (excludes halogenated alkanes) is 4. The van der Waals surface area contributed by atoms with Gasteiger partial charge in [-0.2, -0.15) is 0 Å². The molecule has 0 aromatic heterocycles. The Hall–Kier alpha value is -0.520. The molecule has 88 valence electrons. The van der Waals surface area contributed by atoms with Crippen molar-refractivity contribution < 1.29 is 5.11 Å². The van der Waals surface area contributed by atoms with Crippen molar-refractivity contribution in [1.29, 1.82) is 0 Å². The van der Waals surface area contributed by atoms with Gasteiger partial charge in [0.1, 0.15) is 0 Å². The molecule has 0 rings (SSSR count). The van der Waals surface area contributed by atoms with E-state index in [1.807, 2.05) is 6.08 Å². The predicted octanol–water partition coefficient (Wildman–Crippen LogP) is 4.08. The van der Waals surface area contributed by atoms with Crippen molar-refractivity contribution in [3.05, 3.63) is 17.9 Å². The minimum absolute atomic E-state index is 0.254. The van der Waals surface area contributed by atoms with E-state index in [1.165, 1.54) is 25.7 Å². The predicted molar refractivity (Wildman–Crippen MR) is 66.9 cm³/mol. The number of aliphatic hydroxyl groups excluding tert-OH is 1. The van der Waals surface area contributed by atoms with Crippen molar-refractivity contribution >= 4 is 0 Å². The SMILES string of the molecule is CCCCCCC=C=CC(CO)CCC. The van der Waals surface area contributed by atoms with Crippen LogP contribution < -0.4 is 0 Å². The summed E-state index contributed by atoms with van der Waals surface area (Å²) in [5.74, 6) is 0.307. The normalized spacial score (nSPS) is 11.9. The van der Waals surface area contributed by atoms with E-state index < -0.39 is 0 Å². The lowest BCUT2D eigenvalue weighted by molar-refractivity contribution is 0.245. The molecule has 0 aliphatic heterocycles. The van der Waals surface area contributed by atoms with Crippen molar-refractivity contribution in [2.45, 2.75) is 58.8 Å². The van der Waals surface area contributed by atoms with Crippen LogP contribution in [0.4, 0.5) is 0 Å². The van der Waals surface area contributed by atoms with Gasteiger partial charge in [0, 0.05) is 12.5 Å². The second-order valence-corrected chi connectivity index (χ2v) is 4.12. The standard InChI is InChI=1S/C14H26O/c1-3-5-6-7-8-9-10-12-14(13-15)11-4-2/h9,12,14-15H,3-8,11,13H2,1-2H3. The molecule has 15 heavy (non-hydrogen) atoms. The van der Waals surface area contributed by atoms with Gasteiger partial charge < -0.3 is 5.11 Å².